The number of carboxylic acids is 1. The maximum atomic E-state index is 11.7. The number of benzene rings is 1. The number of carbonyl (C=O) groups excluding carboxylic acids is 1. The van der Waals surface area contributed by atoms with E-state index in [4.69, 9.17) is 5.11 Å². The Labute approximate surface area is 107 Å². The van der Waals surface area contributed by atoms with Crippen LogP contribution in [0.4, 0.5) is 5.69 Å². The van der Waals surface area contributed by atoms with Crippen LogP contribution in [0.5, 0.6) is 0 Å². The number of rotatable bonds is 2. The number of hydrogen-bond donors (Lipinski definition) is 1. The topological polar surface area (TPSA) is 57.6 Å². The molecule has 2 rings (SSSR count). The Morgan fingerprint density at radius 2 is 2.24 bits per heavy atom. The summed E-state index contributed by atoms with van der Waals surface area (Å²) >= 11 is 3.39. The lowest BCUT2D eigenvalue weighted by molar-refractivity contribution is -0.141. The van der Waals surface area contributed by atoms with Crippen LogP contribution in [0.15, 0.2) is 22.7 Å². The highest BCUT2D eigenvalue weighted by molar-refractivity contribution is 9.10. The van der Waals surface area contributed by atoms with Gasteiger partial charge in [-0.3, -0.25) is 9.59 Å². The quantitative estimate of drug-likeness (QED) is 0.910. The van der Waals surface area contributed by atoms with Crippen molar-refractivity contribution in [2.75, 3.05) is 11.4 Å². The van der Waals surface area contributed by atoms with Crippen molar-refractivity contribution in [3.05, 3.63) is 28.2 Å². The summed E-state index contributed by atoms with van der Waals surface area (Å²) in [5.41, 5.74) is 1.79. The van der Waals surface area contributed by atoms with Crippen molar-refractivity contribution in [3.8, 4) is 0 Å². The third-order valence-electron chi connectivity index (χ3n) is 2.93. The van der Waals surface area contributed by atoms with E-state index in [1.165, 1.54) is 4.90 Å². The van der Waals surface area contributed by atoms with E-state index < -0.39 is 11.9 Å². The van der Waals surface area contributed by atoms with Crippen LogP contribution in [0.2, 0.25) is 0 Å². The van der Waals surface area contributed by atoms with Crippen LogP contribution in [0.25, 0.3) is 0 Å². The molecule has 0 aliphatic carbocycles. The molecule has 1 atom stereocenters. The van der Waals surface area contributed by atoms with Gasteiger partial charge in [-0.1, -0.05) is 15.9 Å². The molecular weight excluding hydrogens is 286 g/mol. The van der Waals surface area contributed by atoms with Crippen molar-refractivity contribution in [2.45, 2.75) is 13.3 Å². The van der Waals surface area contributed by atoms with Crippen molar-refractivity contribution in [1.82, 2.24) is 0 Å². The molecule has 0 spiro atoms. The van der Waals surface area contributed by atoms with Gasteiger partial charge in [-0.25, -0.2) is 0 Å². The van der Waals surface area contributed by atoms with E-state index in [-0.39, 0.29) is 18.9 Å². The van der Waals surface area contributed by atoms with Gasteiger partial charge in [0.05, 0.1) is 5.92 Å². The van der Waals surface area contributed by atoms with Crippen molar-refractivity contribution in [3.63, 3.8) is 0 Å². The molecule has 0 bridgehead atoms. The van der Waals surface area contributed by atoms with Crippen LogP contribution in [-0.2, 0) is 9.59 Å². The van der Waals surface area contributed by atoms with Crippen LogP contribution < -0.4 is 4.90 Å². The Bertz CT molecular complexity index is 487. The Morgan fingerprint density at radius 1 is 1.53 bits per heavy atom. The van der Waals surface area contributed by atoms with Gasteiger partial charge in [0.1, 0.15) is 0 Å². The number of aryl methyl sites for hydroxylation is 1. The Hall–Kier alpha value is -1.36. The number of carboxylic acid groups (broad SMARTS) is 1. The highest BCUT2D eigenvalue weighted by Gasteiger charge is 2.35. The number of amides is 1. The standard InChI is InChI=1S/C12H12BrNO3/c1-7-4-9(2-3-10(7)13)14-6-8(12(16)17)5-11(14)15/h2-4,8H,5-6H2,1H3,(H,16,17)/t8-/m0/s1. The zero-order chi connectivity index (χ0) is 12.6. The monoisotopic (exact) mass is 297 g/mol. The van der Waals surface area contributed by atoms with Gasteiger partial charge in [-0.05, 0) is 30.7 Å². The van der Waals surface area contributed by atoms with Crippen LogP contribution in [-0.4, -0.2) is 23.5 Å². The lowest BCUT2D eigenvalue weighted by atomic mass is 10.1. The zero-order valence-corrected chi connectivity index (χ0v) is 10.9. The van der Waals surface area contributed by atoms with Crippen molar-refractivity contribution in [2.24, 2.45) is 5.92 Å². The number of hydrogen-bond acceptors (Lipinski definition) is 2. The molecular formula is C12H12BrNO3. The first kappa shape index (κ1) is 12.1. The Kier molecular flexibility index (Phi) is 3.19. The van der Waals surface area contributed by atoms with E-state index in [0.717, 1.165) is 15.7 Å². The summed E-state index contributed by atoms with van der Waals surface area (Å²) in [7, 11) is 0. The maximum absolute atomic E-state index is 11.7. The van der Waals surface area contributed by atoms with Gasteiger partial charge in [0.25, 0.3) is 0 Å². The second-order valence-corrected chi connectivity index (χ2v) is 5.03. The SMILES string of the molecule is Cc1cc(N2C[C@@H](C(=O)O)CC2=O)ccc1Br. The third-order valence-corrected chi connectivity index (χ3v) is 3.82. The molecule has 1 N–H and O–H groups in total. The van der Waals surface area contributed by atoms with Crippen molar-refractivity contribution >= 4 is 33.5 Å². The number of halogens is 1. The van der Waals surface area contributed by atoms with Crippen molar-refractivity contribution in [1.29, 1.82) is 0 Å². The largest absolute Gasteiger partial charge is 0.481 e. The summed E-state index contributed by atoms with van der Waals surface area (Å²) in [5, 5.41) is 8.91. The molecule has 1 fully saturated rings. The van der Waals surface area contributed by atoms with Gasteiger partial charge >= 0.3 is 5.97 Å². The molecule has 90 valence electrons. The summed E-state index contributed by atoms with van der Waals surface area (Å²) in [5.74, 6) is -1.62. The number of aliphatic carboxylic acids is 1. The fraction of sp³-hybridized carbons (Fsp3) is 0.333. The van der Waals surface area contributed by atoms with Gasteiger partial charge in [0.2, 0.25) is 5.91 Å². The second-order valence-electron chi connectivity index (χ2n) is 4.18. The molecule has 5 heteroatoms. The molecule has 1 aromatic carbocycles. The molecule has 1 aliphatic rings. The van der Waals surface area contributed by atoms with E-state index in [2.05, 4.69) is 15.9 Å². The maximum Gasteiger partial charge on any atom is 0.308 e. The molecule has 1 aromatic rings. The molecule has 0 saturated carbocycles. The number of nitrogens with zero attached hydrogens (tertiary/aromatic N) is 1. The lowest BCUT2D eigenvalue weighted by Crippen LogP contribution is -2.25. The summed E-state index contributed by atoms with van der Waals surface area (Å²) < 4.78 is 0.975. The molecule has 4 nitrogen and oxygen atoms in total. The van der Waals surface area contributed by atoms with Crippen LogP contribution in [0.1, 0.15) is 12.0 Å². The number of anilines is 1. The number of carbonyl (C=O) groups is 2. The normalized spacial score (nSPS) is 19.8. The van der Waals surface area contributed by atoms with E-state index in [1.54, 1.807) is 0 Å². The fourth-order valence-electron chi connectivity index (χ4n) is 1.92. The predicted molar refractivity (Wildman–Crippen MR) is 67.0 cm³/mol. The molecule has 0 unspecified atom stereocenters. The van der Waals surface area contributed by atoms with E-state index in [1.807, 2.05) is 25.1 Å². The fourth-order valence-corrected chi connectivity index (χ4v) is 2.17. The summed E-state index contributed by atoms with van der Waals surface area (Å²) in [6.45, 7) is 2.19. The summed E-state index contributed by atoms with van der Waals surface area (Å²) in [6.07, 6.45) is 0.0877. The predicted octanol–water partition coefficient (Wildman–Crippen LogP) is 2.20. The molecule has 1 heterocycles. The van der Waals surface area contributed by atoms with Crippen LogP contribution in [0, 0.1) is 12.8 Å². The first-order valence-corrected chi connectivity index (χ1v) is 6.07. The van der Waals surface area contributed by atoms with E-state index >= 15 is 0 Å². The average Bonchev–Trinajstić information content (AvgIpc) is 2.65. The first-order valence-electron chi connectivity index (χ1n) is 5.28. The molecule has 0 aromatic heterocycles. The minimum Gasteiger partial charge on any atom is -0.481 e. The highest BCUT2D eigenvalue weighted by atomic mass is 79.9. The van der Waals surface area contributed by atoms with Crippen LogP contribution in [0.3, 0.4) is 0 Å². The second kappa shape index (κ2) is 4.49. The molecule has 1 saturated heterocycles. The highest BCUT2D eigenvalue weighted by Crippen LogP contribution is 2.28. The van der Waals surface area contributed by atoms with Crippen LogP contribution >= 0.6 is 15.9 Å². The van der Waals surface area contributed by atoms with Gasteiger partial charge in [-0.2, -0.15) is 0 Å². The Balaban J connectivity index is 2.26. The first-order chi connectivity index (χ1) is 7.99. The summed E-state index contributed by atoms with van der Waals surface area (Å²) in [4.78, 5) is 24.1. The minimum absolute atomic E-state index is 0.0877. The van der Waals surface area contributed by atoms with Gasteiger partial charge in [-0.15, -0.1) is 0 Å². The average molecular weight is 298 g/mol. The molecule has 1 aliphatic heterocycles. The zero-order valence-electron chi connectivity index (χ0n) is 9.31. The van der Waals surface area contributed by atoms with E-state index in [9.17, 15) is 9.59 Å². The molecule has 17 heavy (non-hydrogen) atoms. The third kappa shape index (κ3) is 2.34. The van der Waals surface area contributed by atoms with Gasteiger partial charge in [0, 0.05) is 23.1 Å². The molecule has 0 radical (unpaired) electrons. The van der Waals surface area contributed by atoms with E-state index in [0.29, 0.717) is 0 Å². The lowest BCUT2D eigenvalue weighted by Gasteiger charge is -2.17. The summed E-state index contributed by atoms with van der Waals surface area (Å²) in [6, 6.07) is 5.57. The Morgan fingerprint density at radius 3 is 2.76 bits per heavy atom. The van der Waals surface area contributed by atoms with Gasteiger partial charge < -0.3 is 10.0 Å². The molecule has 1 amide bonds. The van der Waals surface area contributed by atoms with Crippen molar-refractivity contribution < 1.29 is 14.7 Å². The van der Waals surface area contributed by atoms with Gasteiger partial charge in [0.15, 0.2) is 0 Å². The minimum atomic E-state index is -0.908. The smallest absolute Gasteiger partial charge is 0.308 e.